The zero-order valence-electron chi connectivity index (χ0n) is 12.6. The minimum Gasteiger partial charge on any atom is -0.362 e. The van der Waals surface area contributed by atoms with Crippen molar-refractivity contribution >= 4 is 46.4 Å². The van der Waals surface area contributed by atoms with Crippen molar-refractivity contribution in [2.45, 2.75) is 44.1 Å². The van der Waals surface area contributed by atoms with Gasteiger partial charge in [0.1, 0.15) is 6.17 Å². The van der Waals surface area contributed by atoms with Gasteiger partial charge < -0.3 is 10.6 Å². The zero-order chi connectivity index (χ0) is 16.2. The van der Waals surface area contributed by atoms with Gasteiger partial charge in [0.05, 0.1) is 0 Å². The lowest BCUT2D eigenvalue weighted by atomic mass is 10.1. The fourth-order valence-corrected chi connectivity index (χ4v) is 2.16. The van der Waals surface area contributed by atoms with Crippen LogP contribution in [0.2, 0.25) is 0 Å². The first-order valence-electron chi connectivity index (χ1n) is 6.79. The number of anilines is 1. The second kappa shape index (κ2) is 7.57. The molecule has 0 aliphatic heterocycles. The Morgan fingerprint density at radius 2 is 1.86 bits per heavy atom. The van der Waals surface area contributed by atoms with E-state index in [1.54, 1.807) is 0 Å². The first-order valence-corrected chi connectivity index (χ1v) is 7.93. The van der Waals surface area contributed by atoms with Gasteiger partial charge in [-0.15, -0.1) is 0 Å². The first kappa shape index (κ1) is 18.4. The summed E-state index contributed by atoms with van der Waals surface area (Å²) in [5.41, 5.74) is 2.92. The number of nitrogens with one attached hydrogen (secondary N) is 2. The maximum absolute atomic E-state index is 11.9. The first-order chi connectivity index (χ1) is 9.59. The van der Waals surface area contributed by atoms with E-state index < -0.39 is 9.96 Å². The number of halogens is 3. The van der Waals surface area contributed by atoms with Gasteiger partial charge in [-0.3, -0.25) is 4.79 Å². The largest absolute Gasteiger partial charge is 0.362 e. The molecule has 118 valence electrons. The molecule has 1 aromatic rings. The van der Waals surface area contributed by atoms with Crippen LogP contribution < -0.4 is 10.6 Å². The Balaban J connectivity index is 2.89. The number of carbonyl (C=O) groups is 1. The summed E-state index contributed by atoms with van der Waals surface area (Å²) in [4.78, 5) is 11.9. The van der Waals surface area contributed by atoms with E-state index in [0.717, 1.165) is 16.8 Å². The van der Waals surface area contributed by atoms with E-state index in [2.05, 4.69) is 10.6 Å². The summed E-state index contributed by atoms with van der Waals surface area (Å²) in [6.45, 7) is 7.85. The number of hydrogen-bond donors (Lipinski definition) is 2. The molecule has 0 saturated carbocycles. The Labute approximate surface area is 141 Å². The number of amides is 1. The molecule has 0 saturated heterocycles. The van der Waals surface area contributed by atoms with E-state index in [9.17, 15) is 4.79 Å². The molecule has 0 bridgehead atoms. The second-order valence-electron chi connectivity index (χ2n) is 5.60. The number of rotatable bonds is 5. The average molecular weight is 352 g/mol. The zero-order valence-corrected chi connectivity index (χ0v) is 14.9. The Bertz CT molecular complexity index is 498. The summed E-state index contributed by atoms with van der Waals surface area (Å²) >= 11 is 17.9. The van der Waals surface area contributed by atoms with Gasteiger partial charge in [-0.2, -0.15) is 0 Å². The third kappa shape index (κ3) is 6.33. The molecule has 1 amide bonds. The van der Waals surface area contributed by atoms with Crippen molar-refractivity contribution < 1.29 is 4.79 Å². The van der Waals surface area contributed by atoms with Crippen LogP contribution in [0.3, 0.4) is 0 Å². The van der Waals surface area contributed by atoms with Gasteiger partial charge in [-0.1, -0.05) is 60.8 Å². The molecule has 1 atom stereocenters. The lowest BCUT2D eigenvalue weighted by molar-refractivity contribution is -0.122. The maximum atomic E-state index is 11.9. The van der Waals surface area contributed by atoms with Crippen LogP contribution in [0.5, 0.6) is 0 Å². The minimum atomic E-state index is -1.65. The molecule has 0 aliphatic carbocycles. The highest BCUT2D eigenvalue weighted by Gasteiger charge is 2.34. The number of carbonyl (C=O) groups excluding carboxylic acids is 1. The molecule has 2 N–H and O–H groups in total. The highest BCUT2D eigenvalue weighted by Crippen LogP contribution is 2.32. The van der Waals surface area contributed by atoms with Crippen LogP contribution in [0.25, 0.3) is 0 Å². The van der Waals surface area contributed by atoms with E-state index in [-0.39, 0.29) is 11.8 Å². The summed E-state index contributed by atoms with van der Waals surface area (Å²) in [7, 11) is 0. The summed E-state index contributed by atoms with van der Waals surface area (Å²) in [5.74, 6) is 0.0841. The molecule has 21 heavy (non-hydrogen) atoms. The van der Waals surface area contributed by atoms with Crippen LogP contribution in [-0.4, -0.2) is 15.9 Å². The monoisotopic (exact) mass is 350 g/mol. The van der Waals surface area contributed by atoms with Gasteiger partial charge in [0.15, 0.2) is 0 Å². The minimum absolute atomic E-state index is 0.154. The Kier molecular flexibility index (Phi) is 6.64. The predicted molar refractivity (Wildman–Crippen MR) is 91.2 cm³/mol. The second-order valence-corrected chi connectivity index (χ2v) is 7.97. The summed E-state index contributed by atoms with van der Waals surface area (Å²) in [6.07, 6.45) is -0.416. The van der Waals surface area contributed by atoms with Crippen molar-refractivity contribution in [3.8, 4) is 0 Å². The maximum Gasteiger partial charge on any atom is 0.228 e. The average Bonchev–Trinajstić information content (AvgIpc) is 2.30. The van der Waals surface area contributed by atoms with Crippen LogP contribution in [0.1, 0.15) is 31.4 Å². The third-order valence-electron chi connectivity index (χ3n) is 2.92. The molecule has 0 heterocycles. The van der Waals surface area contributed by atoms with Gasteiger partial charge in [-0.25, -0.2) is 0 Å². The number of aryl methyl sites for hydroxylation is 2. The summed E-state index contributed by atoms with van der Waals surface area (Å²) in [6, 6.07) is 5.93. The van der Waals surface area contributed by atoms with Gasteiger partial charge in [0.25, 0.3) is 0 Å². The quantitative estimate of drug-likeness (QED) is 0.602. The van der Waals surface area contributed by atoms with Crippen LogP contribution in [0, 0.1) is 19.8 Å². The Hall–Kier alpha value is -0.640. The lowest BCUT2D eigenvalue weighted by Crippen LogP contribution is -2.49. The highest BCUT2D eigenvalue weighted by molar-refractivity contribution is 6.68. The van der Waals surface area contributed by atoms with Crippen molar-refractivity contribution in [2.75, 3.05) is 5.32 Å². The Morgan fingerprint density at radius 1 is 1.24 bits per heavy atom. The topological polar surface area (TPSA) is 41.1 Å². The number of alkyl halides is 3. The SMILES string of the molecule is Cc1ccc(C)c(N[C@H](NC(=O)CC(C)C)C(Cl)(Cl)Cl)c1. The predicted octanol–water partition coefficient (Wildman–Crippen LogP) is 4.57. The molecule has 0 spiro atoms. The van der Waals surface area contributed by atoms with Crippen molar-refractivity contribution in [3.63, 3.8) is 0 Å². The van der Waals surface area contributed by atoms with E-state index in [4.69, 9.17) is 34.8 Å². The van der Waals surface area contributed by atoms with Crippen molar-refractivity contribution in [1.82, 2.24) is 5.32 Å². The summed E-state index contributed by atoms with van der Waals surface area (Å²) in [5, 5.41) is 5.84. The van der Waals surface area contributed by atoms with E-state index >= 15 is 0 Å². The molecule has 0 aliphatic rings. The Morgan fingerprint density at radius 3 is 2.38 bits per heavy atom. The van der Waals surface area contributed by atoms with Crippen molar-refractivity contribution in [3.05, 3.63) is 29.3 Å². The molecule has 0 unspecified atom stereocenters. The smallest absolute Gasteiger partial charge is 0.228 e. The van der Waals surface area contributed by atoms with E-state index in [1.807, 2.05) is 45.9 Å². The summed E-state index contributed by atoms with van der Waals surface area (Å²) < 4.78 is -1.65. The normalized spacial score (nSPS) is 13.1. The molecule has 6 heteroatoms. The molecule has 1 aromatic carbocycles. The van der Waals surface area contributed by atoms with Crippen molar-refractivity contribution in [1.29, 1.82) is 0 Å². The fraction of sp³-hybridized carbons (Fsp3) is 0.533. The van der Waals surface area contributed by atoms with Crippen LogP contribution >= 0.6 is 34.8 Å². The molecule has 3 nitrogen and oxygen atoms in total. The lowest BCUT2D eigenvalue weighted by Gasteiger charge is -2.28. The number of hydrogen-bond acceptors (Lipinski definition) is 2. The van der Waals surface area contributed by atoms with Crippen LogP contribution in [-0.2, 0) is 4.79 Å². The standard InChI is InChI=1S/C15H21Cl3N2O/c1-9(2)7-13(21)20-14(15(16,17)18)19-12-8-10(3)5-6-11(12)4/h5-6,8-9,14,19H,7H2,1-4H3,(H,20,21)/t14-/m1/s1. The van der Waals surface area contributed by atoms with Gasteiger partial charge in [0, 0.05) is 12.1 Å². The fourth-order valence-electron chi connectivity index (χ4n) is 1.84. The molecular weight excluding hydrogens is 331 g/mol. The molecule has 1 rings (SSSR count). The molecular formula is C15H21Cl3N2O. The molecule has 0 fully saturated rings. The van der Waals surface area contributed by atoms with Gasteiger partial charge in [0.2, 0.25) is 9.70 Å². The third-order valence-corrected chi connectivity index (χ3v) is 3.57. The van der Waals surface area contributed by atoms with Gasteiger partial charge in [-0.05, 0) is 37.0 Å². The van der Waals surface area contributed by atoms with Crippen molar-refractivity contribution in [2.24, 2.45) is 5.92 Å². The van der Waals surface area contributed by atoms with Crippen LogP contribution in [0.15, 0.2) is 18.2 Å². The highest BCUT2D eigenvalue weighted by atomic mass is 35.6. The van der Waals surface area contributed by atoms with Gasteiger partial charge >= 0.3 is 0 Å². The molecule has 0 radical (unpaired) electrons. The van der Waals surface area contributed by atoms with Crippen LogP contribution in [0.4, 0.5) is 5.69 Å². The van der Waals surface area contributed by atoms with E-state index in [1.165, 1.54) is 0 Å². The number of benzene rings is 1. The van der Waals surface area contributed by atoms with E-state index in [0.29, 0.717) is 6.42 Å². The molecule has 0 aromatic heterocycles.